The van der Waals surface area contributed by atoms with Crippen LogP contribution in [0.1, 0.15) is 36.0 Å². The predicted molar refractivity (Wildman–Crippen MR) is 120 cm³/mol. The highest BCUT2D eigenvalue weighted by molar-refractivity contribution is 6.30. The van der Waals surface area contributed by atoms with E-state index in [1.54, 1.807) is 5.48 Å². The van der Waals surface area contributed by atoms with Crippen LogP contribution in [0.4, 0.5) is 0 Å². The van der Waals surface area contributed by atoms with Gasteiger partial charge in [0.15, 0.2) is 0 Å². The molecule has 0 radical (unpaired) electrons. The van der Waals surface area contributed by atoms with E-state index in [0.717, 1.165) is 44.0 Å². The molecule has 0 spiro atoms. The molecule has 0 unspecified atom stereocenters. The molecule has 3 rings (SSSR count). The number of amides is 1. The second-order valence-electron chi connectivity index (χ2n) is 7.80. The van der Waals surface area contributed by atoms with Crippen LogP contribution in [0.5, 0.6) is 0 Å². The highest BCUT2D eigenvalue weighted by Crippen LogP contribution is 2.29. The van der Waals surface area contributed by atoms with Gasteiger partial charge in [-0.3, -0.25) is 14.9 Å². The van der Waals surface area contributed by atoms with E-state index in [4.69, 9.17) is 26.3 Å². The summed E-state index contributed by atoms with van der Waals surface area (Å²) in [6.45, 7) is 6.75. The van der Waals surface area contributed by atoms with Gasteiger partial charge in [0.05, 0.1) is 25.7 Å². The average molecular weight is 447 g/mol. The fourth-order valence-electron chi connectivity index (χ4n) is 3.99. The van der Waals surface area contributed by atoms with Crippen LogP contribution < -0.4 is 5.48 Å². The van der Waals surface area contributed by atoms with E-state index in [0.29, 0.717) is 18.1 Å². The standard InChI is InChI=1S/C24H31ClN2O4/c1-2-31-23(16-24(28)26-29)22(15-18-5-9-21(25)10-6-18)20-7-3-19(4-8-20)17-27-11-13-30-14-12-27/h3-10,22-23,29H,2,11-17H2,1H3,(H,26,28)/t22-,23-/m1/s1. The van der Waals surface area contributed by atoms with Crippen LogP contribution in [0.25, 0.3) is 0 Å². The van der Waals surface area contributed by atoms with Crippen molar-refractivity contribution in [3.63, 3.8) is 0 Å². The van der Waals surface area contributed by atoms with Gasteiger partial charge in [0.2, 0.25) is 5.91 Å². The summed E-state index contributed by atoms with van der Waals surface area (Å²) in [6.07, 6.45) is 0.416. The molecule has 2 aromatic carbocycles. The topological polar surface area (TPSA) is 71.0 Å². The molecule has 1 aliphatic rings. The molecule has 6 nitrogen and oxygen atoms in total. The Morgan fingerprint density at radius 2 is 1.77 bits per heavy atom. The predicted octanol–water partition coefficient (Wildman–Crippen LogP) is 3.80. The largest absolute Gasteiger partial charge is 0.379 e. The number of nitrogens with zero attached hydrogens (tertiary/aromatic N) is 1. The molecule has 1 fully saturated rings. The van der Waals surface area contributed by atoms with Crippen LogP contribution in [-0.4, -0.2) is 55.0 Å². The van der Waals surface area contributed by atoms with Crippen molar-refractivity contribution in [1.82, 2.24) is 10.4 Å². The molecule has 0 bridgehead atoms. The zero-order valence-corrected chi connectivity index (χ0v) is 18.7. The Morgan fingerprint density at radius 1 is 1.13 bits per heavy atom. The van der Waals surface area contributed by atoms with Crippen molar-refractivity contribution in [2.24, 2.45) is 0 Å². The quantitative estimate of drug-likeness (QED) is 0.429. The molecule has 2 atom stereocenters. The monoisotopic (exact) mass is 446 g/mol. The molecule has 31 heavy (non-hydrogen) atoms. The van der Waals surface area contributed by atoms with E-state index in [1.807, 2.05) is 31.2 Å². The maximum absolute atomic E-state index is 11.9. The van der Waals surface area contributed by atoms with Crippen molar-refractivity contribution in [3.8, 4) is 0 Å². The lowest BCUT2D eigenvalue weighted by atomic mass is 9.85. The van der Waals surface area contributed by atoms with Gasteiger partial charge in [0, 0.05) is 37.2 Å². The van der Waals surface area contributed by atoms with Crippen LogP contribution >= 0.6 is 11.6 Å². The van der Waals surface area contributed by atoms with Gasteiger partial charge in [-0.05, 0) is 42.2 Å². The summed E-state index contributed by atoms with van der Waals surface area (Å²) in [5.74, 6) is -0.501. The lowest BCUT2D eigenvalue weighted by Gasteiger charge is -2.28. The SMILES string of the molecule is CCO[C@H](CC(=O)NO)[C@H](Cc1ccc(Cl)cc1)c1ccc(CN2CCOCC2)cc1. The third-order valence-corrected chi connectivity index (χ3v) is 5.88. The van der Waals surface area contributed by atoms with Crippen molar-refractivity contribution in [2.45, 2.75) is 38.3 Å². The minimum atomic E-state index is -0.455. The van der Waals surface area contributed by atoms with Gasteiger partial charge in [0.25, 0.3) is 0 Å². The van der Waals surface area contributed by atoms with Crippen LogP contribution in [0.15, 0.2) is 48.5 Å². The zero-order valence-electron chi connectivity index (χ0n) is 17.9. The van der Waals surface area contributed by atoms with E-state index < -0.39 is 5.91 Å². The summed E-state index contributed by atoms with van der Waals surface area (Å²) in [5.41, 5.74) is 5.19. The van der Waals surface area contributed by atoms with Crippen molar-refractivity contribution < 1.29 is 19.5 Å². The Hall–Kier alpha value is -1.96. The first-order valence-electron chi connectivity index (χ1n) is 10.8. The smallest absolute Gasteiger partial charge is 0.245 e. The number of hydroxylamine groups is 1. The first kappa shape index (κ1) is 23.7. The number of ether oxygens (including phenoxy) is 2. The van der Waals surface area contributed by atoms with E-state index >= 15 is 0 Å². The third-order valence-electron chi connectivity index (χ3n) is 5.63. The Balaban J connectivity index is 1.81. The van der Waals surface area contributed by atoms with Crippen LogP contribution in [0.2, 0.25) is 5.02 Å². The number of hydrogen-bond acceptors (Lipinski definition) is 5. The Morgan fingerprint density at radius 3 is 2.39 bits per heavy atom. The molecule has 2 aromatic rings. The van der Waals surface area contributed by atoms with Crippen molar-refractivity contribution in [3.05, 3.63) is 70.2 Å². The van der Waals surface area contributed by atoms with E-state index in [9.17, 15) is 4.79 Å². The highest BCUT2D eigenvalue weighted by Gasteiger charge is 2.27. The molecular weight excluding hydrogens is 416 g/mol. The van der Waals surface area contributed by atoms with Crippen LogP contribution in [-0.2, 0) is 27.2 Å². The van der Waals surface area contributed by atoms with Gasteiger partial charge >= 0.3 is 0 Å². The Labute approximate surface area is 189 Å². The molecule has 7 heteroatoms. The molecule has 1 saturated heterocycles. The maximum Gasteiger partial charge on any atom is 0.245 e. The first-order chi connectivity index (χ1) is 15.1. The lowest BCUT2D eigenvalue weighted by molar-refractivity contribution is -0.132. The van der Waals surface area contributed by atoms with Gasteiger partial charge in [-0.1, -0.05) is 48.0 Å². The van der Waals surface area contributed by atoms with Gasteiger partial charge < -0.3 is 9.47 Å². The van der Waals surface area contributed by atoms with Gasteiger partial charge in [-0.2, -0.15) is 0 Å². The van der Waals surface area contributed by atoms with Gasteiger partial charge in [-0.15, -0.1) is 0 Å². The van der Waals surface area contributed by atoms with Crippen molar-refractivity contribution >= 4 is 17.5 Å². The fourth-order valence-corrected chi connectivity index (χ4v) is 4.11. The second-order valence-corrected chi connectivity index (χ2v) is 8.24. The summed E-state index contributed by atoms with van der Waals surface area (Å²) in [6, 6.07) is 16.3. The summed E-state index contributed by atoms with van der Waals surface area (Å²) in [4.78, 5) is 14.3. The number of carbonyl (C=O) groups is 1. The molecule has 1 amide bonds. The summed E-state index contributed by atoms with van der Waals surface area (Å²) in [7, 11) is 0. The molecule has 2 N–H and O–H groups in total. The third kappa shape index (κ3) is 7.30. The van der Waals surface area contributed by atoms with E-state index in [-0.39, 0.29) is 18.4 Å². The highest BCUT2D eigenvalue weighted by atomic mass is 35.5. The number of carbonyl (C=O) groups excluding carboxylic acids is 1. The molecule has 0 aliphatic carbocycles. The molecule has 1 aliphatic heterocycles. The molecule has 1 heterocycles. The van der Waals surface area contributed by atoms with E-state index in [1.165, 1.54) is 5.56 Å². The number of rotatable bonds is 10. The number of hydrogen-bond donors (Lipinski definition) is 2. The zero-order chi connectivity index (χ0) is 22.1. The molecule has 0 saturated carbocycles. The summed E-state index contributed by atoms with van der Waals surface area (Å²) >= 11 is 6.05. The van der Waals surface area contributed by atoms with Gasteiger partial charge in [0.1, 0.15) is 0 Å². The average Bonchev–Trinajstić information content (AvgIpc) is 2.80. The van der Waals surface area contributed by atoms with Crippen molar-refractivity contribution in [2.75, 3.05) is 32.9 Å². The van der Waals surface area contributed by atoms with Crippen molar-refractivity contribution in [1.29, 1.82) is 0 Å². The minimum absolute atomic E-state index is 0.0455. The molecule has 168 valence electrons. The summed E-state index contributed by atoms with van der Waals surface area (Å²) in [5, 5.41) is 9.72. The first-order valence-corrected chi connectivity index (χ1v) is 11.1. The number of morpholine rings is 1. The second kappa shape index (κ2) is 12.2. The number of benzene rings is 2. The summed E-state index contributed by atoms with van der Waals surface area (Å²) < 4.78 is 11.4. The fraction of sp³-hybridized carbons (Fsp3) is 0.458. The Bertz CT molecular complexity index is 807. The van der Waals surface area contributed by atoms with Crippen LogP contribution in [0, 0.1) is 0 Å². The Kier molecular flexibility index (Phi) is 9.31. The molecule has 0 aromatic heterocycles. The maximum atomic E-state index is 11.9. The minimum Gasteiger partial charge on any atom is -0.379 e. The molecular formula is C24H31ClN2O4. The normalized spacial score (nSPS) is 16.6. The lowest BCUT2D eigenvalue weighted by Crippen LogP contribution is -2.35. The van der Waals surface area contributed by atoms with Crippen LogP contribution in [0.3, 0.4) is 0 Å². The number of nitrogens with one attached hydrogen (secondary N) is 1. The number of halogens is 1. The van der Waals surface area contributed by atoms with E-state index in [2.05, 4.69) is 29.2 Å². The van der Waals surface area contributed by atoms with Gasteiger partial charge in [-0.25, -0.2) is 5.48 Å².